The van der Waals surface area contributed by atoms with Crippen LogP contribution in [0.25, 0.3) is 44.3 Å². The summed E-state index contributed by atoms with van der Waals surface area (Å²) in [6, 6.07) is 22.7. The average Bonchev–Trinajstić information content (AvgIpc) is 2.78. The third kappa shape index (κ3) is 2.95. The van der Waals surface area contributed by atoms with Gasteiger partial charge < -0.3 is 14.9 Å². The molecule has 5 aromatic rings. The number of fused-ring (bicyclic) bond motifs is 3. The van der Waals surface area contributed by atoms with Crippen molar-refractivity contribution < 1.29 is 14.9 Å². The van der Waals surface area contributed by atoms with Gasteiger partial charge in [-0.3, -0.25) is 0 Å². The number of aromatic nitrogens is 3. The van der Waals surface area contributed by atoms with E-state index in [4.69, 9.17) is 4.74 Å². The highest BCUT2D eigenvalue weighted by Crippen LogP contribution is 2.36. The average molecular weight is 395 g/mol. The monoisotopic (exact) mass is 395 g/mol. The molecule has 0 saturated heterocycles. The smallest absolute Gasteiger partial charge is 0.320 e. The summed E-state index contributed by atoms with van der Waals surface area (Å²) < 4.78 is 5.31. The summed E-state index contributed by atoms with van der Waals surface area (Å²) in [6.07, 6.45) is 0. The molecule has 0 amide bonds. The van der Waals surface area contributed by atoms with Crippen LogP contribution < -0.4 is 4.74 Å². The first kappa shape index (κ1) is 17.9. The summed E-state index contributed by atoms with van der Waals surface area (Å²) in [5.74, 6) is 0.522. The molecule has 0 spiro atoms. The van der Waals surface area contributed by atoms with E-state index in [9.17, 15) is 10.2 Å². The zero-order valence-electron chi connectivity index (χ0n) is 16.1. The Hall–Kier alpha value is -4.19. The van der Waals surface area contributed by atoms with Crippen LogP contribution in [0.2, 0.25) is 0 Å². The van der Waals surface area contributed by atoms with Crippen molar-refractivity contribution in [3.8, 4) is 40.3 Å². The number of hydrogen-bond acceptors (Lipinski definition) is 6. The molecule has 0 atom stereocenters. The van der Waals surface area contributed by atoms with Crippen molar-refractivity contribution in [2.24, 2.45) is 0 Å². The van der Waals surface area contributed by atoms with Crippen LogP contribution in [0.5, 0.6) is 17.5 Å². The first-order chi connectivity index (χ1) is 14.6. The van der Waals surface area contributed by atoms with E-state index in [2.05, 4.69) is 33.2 Å². The first-order valence-corrected chi connectivity index (χ1v) is 9.37. The van der Waals surface area contributed by atoms with Gasteiger partial charge in [0.05, 0.1) is 12.7 Å². The van der Waals surface area contributed by atoms with Crippen LogP contribution >= 0.6 is 0 Å². The maximum Gasteiger partial charge on any atom is 0.320 e. The van der Waals surface area contributed by atoms with Crippen molar-refractivity contribution in [3.05, 3.63) is 72.8 Å². The fraction of sp³-hybridized carbons (Fsp3) is 0.0417. The van der Waals surface area contributed by atoms with Gasteiger partial charge in [-0.2, -0.15) is 9.97 Å². The van der Waals surface area contributed by atoms with Gasteiger partial charge in [-0.05, 0) is 39.7 Å². The van der Waals surface area contributed by atoms with Gasteiger partial charge in [0.1, 0.15) is 11.5 Å². The lowest BCUT2D eigenvalue weighted by molar-refractivity contribution is 0.379. The topological polar surface area (TPSA) is 88.4 Å². The molecule has 0 aliphatic rings. The minimum Gasteiger partial charge on any atom is -0.508 e. The normalized spacial score (nSPS) is 11.1. The van der Waals surface area contributed by atoms with Crippen LogP contribution in [-0.4, -0.2) is 32.3 Å². The van der Waals surface area contributed by atoms with E-state index in [-0.39, 0.29) is 23.3 Å². The van der Waals surface area contributed by atoms with Gasteiger partial charge >= 0.3 is 6.01 Å². The van der Waals surface area contributed by atoms with Gasteiger partial charge in [0.2, 0.25) is 0 Å². The molecule has 0 aliphatic heterocycles. The van der Waals surface area contributed by atoms with E-state index >= 15 is 0 Å². The van der Waals surface area contributed by atoms with Crippen molar-refractivity contribution in [1.29, 1.82) is 0 Å². The number of benzene rings is 4. The Morgan fingerprint density at radius 1 is 0.667 bits per heavy atom. The molecule has 0 radical (unpaired) electrons. The number of aromatic hydroxyl groups is 2. The molecule has 0 bridgehead atoms. The summed E-state index contributed by atoms with van der Waals surface area (Å²) >= 11 is 0. The van der Waals surface area contributed by atoms with E-state index in [1.807, 2.05) is 36.4 Å². The third-order valence-corrected chi connectivity index (χ3v) is 5.03. The Bertz CT molecular complexity index is 1420. The molecule has 0 saturated carbocycles. The number of phenolic OH excluding ortho intramolecular Hbond substituents is 2. The number of rotatable bonds is 3. The van der Waals surface area contributed by atoms with E-state index in [1.54, 1.807) is 6.07 Å². The lowest BCUT2D eigenvalue weighted by Gasteiger charge is -2.12. The zero-order chi connectivity index (χ0) is 20.7. The summed E-state index contributed by atoms with van der Waals surface area (Å²) in [6.45, 7) is 0. The number of methoxy groups -OCH3 is 1. The van der Waals surface area contributed by atoms with E-state index in [0.29, 0.717) is 11.4 Å². The second-order valence-electron chi connectivity index (χ2n) is 6.86. The second-order valence-corrected chi connectivity index (χ2v) is 6.86. The third-order valence-electron chi connectivity index (χ3n) is 5.03. The molecule has 5 rings (SSSR count). The van der Waals surface area contributed by atoms with Gasteiger partial charge in [-0.1, -0.05) is 48.5 Å². The van der Waals surface area contributed by atoms with Crippen LogP contribution in [0, 0.1) is 0 Å². The maximum absolute atomic E-state index is 10.3. The predicted octanol–water partition coefficient (Wildman–Crippen LogP) is 4.93. The molecular formula is C24H17N3O3. The van der Waals surface area contributed by atoms with Crippen LogP contribution in [0.15, 0.2) is 72.8 Å². The molecule has 6 heteroatoms. The molecule has 30 heavy (non-hydrogen) atoms. The largest absolute Gasteiger partial charge is 0.508 e. The molecule has 1 aromatic heterocycles. The van der Waals surface area contributed by atoms with E-state index < -0.39 is 0 Å². The molecule has 2 N–H and O–H groups in total. The summed E-state index contributed by atoms with van der Waals surface area (Å²) in [4.78, 5) is 13.4. The summed E-state index contributed by atoms with van der Waals surface area (Å²) in [7, 11) is 1.48. The van der Waals surface area contributed by atoms with E-state index in [0.717, 1.165) is 27.1 Å². The number of phenols is 2. The lowest BCUT2D eigenvalue weighted by Crippen LogP contribution is -2.01. The number of hydrogen-bond donors (Lipinski definition) is 2. The first-order valence-electron chi connectivity index (χ1n) is 9.37. The highest BCUT2D eigenvalue weighted by Gasteiger charge is 2.16. The Morgan fingerprint density at radius 3 is 2.07 bits per heavy atom. The van der Waals surface area contributed by atoms with Crippen LogP contribution in [-0.2, 0) is 0 Å². The molecule has 146 valence electrons. The maximum atomic E-state index is 10.3. The Kier molecular flexibility index (Phi) is 4.17. The molecular weight excluding hydrogens is 378 g/mol. The minimum absolute atomic E-state index is 0.0435. The highest BCUT2D eigenvalue weighted by atomic mass is 16.5. The molecule has 1 heterocycles. The van der Waals surface area contributed by atoms with E-state index in [1.165, 1.54) is 19.2 Å². The molecule has 4 aromatic carbocycles. The minimum atomic E-state index is -0.127. The second kappa shape index (κ2) is 7.00. The van der Waals surface area contributed by atoms with Gasteiger partial charge in [0.25, 0.3) is 0 Å². The SMILES string of the molecule is COc1nc(-c2ccc(O)cc2O)nc(-c2cc3ccccc3c3ccccc23)n1. The van der Waals surface area contributed by atoms with Crippen molar-refractivity contribution >= 4 is 21.5 Å². The highest BCUT2D eigenvalue weighted by molar-refractivity contribution is 6.13. The van der Waals surface area contributed by atoms with Crippen LogP contribution in [0.3, 0.4) is 0 Å². The Morgan fingerprint density at radius 2 is 1.33 bits per heavy atom. The fourth-order valence-electron chi connectivity index (χ4n) is 3.64. The fourth-order valence-corrected chi connectivity index (χ4v) is 3.64. The quantitative estimate of drug-likeness (QED) is 0.421. The van der Waals surface area contributed by atoms with Crippen molar-refractivity contribution in [1.82, 2.24) is 15.0 Å². The van der Waals surface area contributed by atoms with Crippen LogP contribution in [0.1, 0.15) is 0 Å². The Labute approximate surface area is 172 Å². The zero-order valence-corrected chi connectivity index (χ0v) is 16.1. The number of nitrogens with zero attached hydrogens (tertiary/aromatic N) is 3. The van der Waals surface area contributed by atoms with Gasteiger partial charge in [0, 0.05) is 11.6 Å². The van der Waals surface area contributed by atoms with Gasteiger partial charge in [-0.25, -0.2) is 4.98 Å². The molecule has 0 fully saturated rings. The summed E-state index contributed by atoms with van der Waals surface area (Å²) in [5, 5.41) is 24.2. The van der Waals surface area contributed by atoms with Crippen molar-refractivity contribution in [2.75, 3.05) is 7.11 Å². The standard InChI is InChI=1S/C24H17N3O3/c1-30-24-26-22(19-11-10-15(28)13-21(19)29)25-23(27-24)20-12-14-6-2-3-7-16(14)17-8-4-5-9-18(17)20/h2-13,28-29H,1H3. The summed E-state index contributed by atoms with van der Waals surface area (Å²) in [5.41, 5.74) is 1.21. The predicted molar refractivity (Wildman–Crippen MR) is 116 cm³/mol. The van der Waals surface area contributed by atoms with Crippen molar-refractivity contribution in [2.45, 2.75) is 0 Å². The van der Waals surface area contributed by atoms with Gasteiger partial charge in [-0.15, -0.1) is 0 Å². The molecule has 0 unspecified atom stereocenters. The lowest BCUT2D eigenvalue weighted by atomic mass is 9.97. The number of ether oxygens (including phenoxy) is 1. The Balaban J connectivity index is 1.81. The van der Waals surface area contributed by atoms with Crippen LogP contribution in [0.4, 0.5) is 0 Å². The van der Waals surface area contributed by atoms with Gasteiger partial charge in [0.15, 0.2) is 11.6 Å². The molecule has 6 nitrogen and oxygen atoms in total. The molecule has 0 aliphatic carbocycles. The van der Waals surface area contributed by atoms with Crippen molar-refractivity contribution in [3.63, 3.8) is 0 Å².